The van der Waals surface area contributed by atoms with E-state index < -0.39 is 0 Å². The van der Waals surface area contributed by atoms with E-state index in [1.54, 1.807) is 0 Å². The molecule has 0 spiro atoms. The van der Waals surface area contributed by atoms with Crippen molar-refractivity contribution in [3.8, 4) is 0 Å². The highest BCUT2D eigenvalue weighted by molar-refractivity contribution is 5.81. The van der Waals surface area contributed by atoms with Crippen LogP contribution in [0, 0.1) is 11.8 Å². The highest BCUT2D eigenvalue weighted by atomic mass is 16.1. The van der Waals surface area contributed by atoms with Gasteiger partial charge in [-0.1, -0.05) is 26.0 Å². The van der Waals surface area contributed by atoms with Crippen molar-refractivity contribution in [3.05, 3.63) is 12.2 Å². The summed E-state index contributed by atoms with van der Waals surface area (Å²) in [5, 5.41) is 0. The SMILES string of the molecule is CC(C)CC(=O)C1CCC=CCC1. The quantitative estimate of drug-likeness (QED) is 0.609. The van der Waals surface area contributed by atoms with Crippen LogP contribution in [0.15, 0.2) is 12.2 Å². The van der Waals surface area contributed by atoms with Gasteiger partial charge in [0.25, 0.3) is 0 Å². The number of hydrogen-bond acceptors (Lipinski definition) is 1. The number of rotatable bonds is 3. The fraction of sp³-hybridized carbons (Fsp3) is 0.750. The molecule has 0 aromatic heterocycles. The number of carbonyl (C=O) groups is 1. The molecular weight excluding hydrogens is 160 g/mol. The maximum Gasteiger partial charge on any atom is 0.136 e. The van der Waals surface area contributed by atoms with Crippen LogP contribution in [-0.4, -0.2) is 5.78 Å². The Balaban J connectivity index is 2.37. The molecule has 1 aliphatic rings. The maximum absolute atomic E-state index is 11.7. The first kappa shape index (κ1) is 10.5. The smallest absolute Gasteiger partial charge is 0.136 e. The van der Waals surface area contributed by atoms with Gasteiger partial charge in [-0.15, -0.1) is 0 Å². The predicted molar refractivity (Wildman–Crippen MR) is 55.6 cm³/mol. The van der Waals surface area contributed by atoms with Crippen molar-refractivity contribution < 1.29 is 4.79 Å². The van der Waals surface area contributed by atoms with Crippen LogP contribution in [0.4, 0.5) is 0 Å². The Bertz CT molecular complexity index is 181. The normalized spacial score (nSPS) is 19.0. The Morgan fingerprint density at radius 3 is 2.31 bits per heavy atom. The van der Waals surface area contributed by atoms with Gasteiger partial charge in [0.1, 0.15) is 5.78 Å². The van der Waals surface area contributed by atoms with Crippen LogP contribution in [0.3, 0.4) is 0 Å². The molecule has 13 heavy (non-hydrogen) atoms. The summed E-state index contributed by atoms with van der Waals surface area (Å²) in [5.74, 6) is 1.35. The molecule has 0 atom stereocenters. The van der Waals surface area contributed by atoms with Gasteiger partial charge in [0.05, 0.1) is 0 Å². The third-order valence-electron chi connectivity index (χ3n) is 2.60. The van der Waals surface area contributed by atoms with Crippen molar-refractivity contribution in [2.75, 3.05) is 0 Å². The van der Waals surface area contributed by atoms with Crippen LogP contribution in [0.5, 0.6) is 0 Å². The summed E-state index contributed by atoms with van der Waals surface area (Å²) in [4.78, 5) is 11.7. The van der Waals surface area contributed by atoms with Crippen LogP contribution < -0.4 is 0 Å². The van der Waals surface area contributed by atoms with Crippen molar-refractivity contribution in [3.63, 3.8) is 0 Å². The van der Waals surface area contributed by atoms with Gasteiger partial charge in [-0.25, -0.2) is 0 Å². The third-order valence-corrected chi connectivity index (χ3v) is 2.60. The molecule has 0 saturated heterocycles. The topological polar surface area (TPSA) is 17.1 Å². The molecule has 1 heteroatoms. The van der Waals surface area contributed by atoms with Gasteiger partial charge in [-0.3, -0.25) is 4.79 Å². The minimum Gasteiger partial charge on any atom is -0.299 e. The van der Waals surface area contributed by atoms with Crippen LogP contribution in [0.1, 0.15) is 46.0 Å². The standard InChI is InChI=1S/C12H20O/c1-10(2)9-12(13)11-7-5-3-4-6-8-11/h3-4,10-11H,5-9H2,1-2H3. The fourth-order valence-corrected chi connectivity index (χ4v) is 1.87. The van der Waals surface area contributed by atoms with Gasteiger partial charge >= 0.3 is 0 Å². The molecule has 0 aromatic carbocycles. The summed E-state index contributed by atoms with van der Waals surface area (Å²) in [6, 6.07) is 0. The predicted octanol–water partition coefficient (Wildman–Crippen LogP) is 3.35. The molecular formula is C12H20O. The molecule has 0 heterocycles. The highest BCUT2D eigenvalue weighted by Crippen LogP contribution is 2.22. The second-order valence-electron chi connectivity index (χ2n) is 4.39. The van der Waals surface area contributed by atoms with E-state index in [1.807, 2.05) is 0 Å². The molecule has 0 radical (unpaired) electrons. The minimum absolute atomic E-state index is 0.345. The number of ketones is 1. The molecule has 1 aliphatic carbocycles. The number of hydrogen-bond donors (Lipinski definition) is 0. The summed E-state index contributed by atoms with van der Waals surface area (Å²) in [6.07, 6.45) is 9.52. The van der Waals surface area contributed by atoms with E-state index in [9.17, 15) is 4.79 Å². The molecule has 0 aliphatic heterocycles. The number of Topliss-reactive ketones (excluding diaryl/α,β-unsaturated/α-hetero) is 1. The lowest BCUT2D eigenvalue weighted by atomic mass is 9.90. The molecule has 0 saturated carbocycles. The summed E-state index contributed by atoms with van der Waals surface area (Å²) >= 11 is 0. The summed E-state index contributed by atoms with van der Waals surface area (Å²) < 4.78 is 0. The molecule has 0 bridgehead atoms. The van der Waals surface area contributed by atoms with E-state index in [0.29, 0.717) is 17.6 Å². The first-order valence-electron chi connectivity index (χ1n) is 5.38. The van der Waals surface area contributed by atoms with Crippen molar-refractivity contribution in [1.82, 2.24) is 0 Å². The van der Waals surface area contributed by atoms with Gasteiger partial charge in [0, 0.05) is 12.3 Å². The lowest BCUT2D eigenvalue weighted by molar-refractivity contribution is -0.123. The molecule has 0 amide bonds. The van der Waals surface area contributed by atoms with Crippen molar-refractivity contribution in [2.24, 2.45) is 11.8 Å². The monoisotopic (exact) mass is 180 g/mol. The Labute approximate surface area is 81.2 Å². The van der Waals surface area contributed by atoms with E-state index in [2.05, 4.69) is 26.0 Å². The Morgan fingerprint density at radius 2 is 1.85 bits per heavy atom. The molecule has 0 unspecified atom stereocenters. The molecule has 1 nitrogen and oxygen atoms in total. The van der Waals surface area contributed by atoms with Gasteiger partial charge in [0.15, 0.2) is 0 Å². The lowest BCUT2D eigenvalue weighted by Gasteiger charge is -2.13. The molecule has 1 rings (SSSR count). The maximum atomic E-state index is 11.7. The van der Waals surface area contributed by atoms with E-state index in [-0.39, 0.29) is 0 Å². The van der Waals surface area contributed by atoms with E-state index >= 15 is 0 Å². The fourth-order valence-electron chi connectivity index (χ4n) is 1.87. The Hall–Kier alpha value is -0.590. The van der Waals surface area contributed by atoms with Crippen molar-refractivity contribution in [2.45, 2.75) is 46.0 Å². The molecule has 0 aromatic rings. The van der Waals surface area contributed by atoms with E-state index in [0.717, 1.165) is 32.1 Å². The average Bonchev–Trinajstić information content (AvgIpc) is 2.29. The summed E-state index contributed by atoms with van der Waals surface area (Å²) in [7, 11) is 0. The lowest BCUT2D eigenvalue weighted by Crippen LogP contribution is -2.15. The Kier molecular flexibility index (Phi) is 4.20. The average molecular weight is 180 g/mol. The summed E-state index contributed by atoms with van der Waals surface area (Å²) in [5.41, 5.74) is 0. The zero-order chi connectivity index (χ0) is 9.68. The first-order chi connectivity index (χ1) is 6.20. The van der Waals surface area contributed by atoms with Crippen LogP contribution in [0.25, 0.3) is 0 Å². The Morgan fingerprint density at radius 1 is 1.31 bits per heavy atom. The third kappa shape index (κ3) is 3.75. The minimum atomic E-state index is 0.345. The number of allylic oxidation sites excluding steroid dienone is 2. The summed E-state index contributed by atoms with van der Waals surface area (Å²) in [6.45, 7) is 4.24. The molecule has 0 N–H and O–H groups in total. The molecule has 0 fully saturated rings. The van der Waals surface area contributed by atoms with Gasteiger partial charge in [0.2, 0.25) is 0 Å². The van der Waals surface area contributed by atoms with Crippen LogP contribution in [0.2, 0.25) is 0 Å². The number of carbonyl (C=O) groups excluding carboxylic acids is 1. The van der Waals surface area contributed by atoms with E-state index in [1.165, 1.54) is 0 Å². The largest absolute Gasteiger partial charge is 0.299 e. The zero-order valence-corrected chi connectivity index (χ0v) is 8.75. The molecule has 74 valence electrons. The second-order valence-corrected chi connectivity index (χ2v) is 4.39. The first-order valence-corrected chi connectivity index (χ1v) is 5.38. The second kappa shape index (κ2) is 5.21. The van der Waals surface area contributed by atoms with Crippen LogP contribution in [-0.2, 0) is 4.79 Å². The zero-order valence-electron chi connectivity index (χ0n) is 8.75. The van der Waals surface area contributed by atoms with Crippen molar-refractivity contribution >= 4 is 5.78 Å². The van der Waals surface area contributed by atoms with E-state index in [4.69, 9.17) is 0 Å². The van der Waals surface area contributed by atoms with Crippen LogP contribution >= 0.6 is 0 Å². The van der Waals surface area contributed by atoms with Gasteiger partial charge < -0.3 is 0 Å². The van der Waals surface area contributed by atoms with Gasteiger partial charge in [-0.05, 0) is 31.6 Å². The van der Waals surface area contributed by atoms with Gasteiger partial charge in [-0.2, -0.15) is 0 Å². The van der Waals surface area contributed by atoms with Crippen molar-refractivity contribution in [1.29, 1.82) is 0 Å². The highest BCUT2D eigenvalue weighted by Gasteiger charge is 2.18.